The lowest BCUT2D eigenvalue weighted by molar-refractivity contribution is -0.140. The highest BCUT2D eigenvalue weighted by atomic mass is 19.4. The van der Waals surface area contributed by atoms with Crippen molar-refractivity contribution in [3.05, 3.63) is 64.5 Å². The number of alkyl halides is 3. The first-order valence-electron chi connectivity index (χ1n) is 6.44. The van der Waals surface area contributed by atoms with E-state index in [1.165, 1.54) is 6.07 Å². The van der Waals surface area contributed by atoms with Crippen molar-refractivity contribution in [1.82, 2.24) is 0 Å². The summed E-state index contributed by atoms with van der Waals surface area (Å²) in [6.45, 7) is 4.14. The van der Waals surface area contributed by atoms with Gasteiger partial charge in [0.1, 0.15) is 5.82 Å². The van der Waals surface area contributed by atoms with Crippen LogP contribution in [0.25, 0.3) is 0 Å². The van der Waals surface area contributed by atoms with E-state index in [2.05, 4.69) is 5.32 Å². The molecule has 1 N–H and O–H groups in total. The Morgan fingerprint density at radius 1 is 0.952 bits per heavy atom. The average Bonchev–Trinajstić information content (AvgIpc) is 2.40. The average molecular weight is 297 g/mol. The molecule has 21 heavy (non-hydrogen) atoms. The molecule has 0 aromatic heterocycles. The molecule has 0 saturated heterocycles. The van der Waals surface area contributed by atoms with Gasteiger partial charge in [0.25, 0.3) is 0 Å². The number of hydrogen-bond acceptors (Lipinski definition) is 1. The highest BCUT2D eigenvalue weighted by Gasteiger charge is 2.34. The molecule has 112 valence electrons. The van der Waals surface area contributed by atoms with Crippen molar-refractivity contribution in [2.75, 3.05) is 5.32 Å². The molecule has 0 bridgehead atoms. The van der Waals surface area contributed by atoms with Crippen LogP contribution in [0.1, 0.15) is 22.3 Å². The van der Waals surface area contributed by atoms with Gasteiger partial charge in [0, 0.05) is 12.2 Å². The predicted octanol–water partition coefficient (Wildman–Crippen LogP) is 5.07. The second-order valence-electron chi connectivity index (χ2n) is 4.96. The normalized spacial score (nSPS) is 11.5. The second kappa shape index (κ2) is 5.76. The van der Waals surface area contributed by atoms with Crippen LogP contribution in [0.15, 0.2) is 36.4 Å². The summed E-state index contributed by atoms with van der Waals surface area (Å²) < 4.78 is 51.1. The first-order valence-corrected chi connectivity index (χ1v) is 6.44. The Kier molecular flexibility index (Phi) is 4.21. The number of nitrogens with one attached hydrogen (secondary N) is 1. The van der Waals surface area contributed by atoms with Crippen molar-refractivity contribution < 1.29 is 17.6 Å². The summed E-state index contributed by atoms with van der Waals surface area (Å²) in [6.07, 6.45) is -4.68. The molecule has 0 atom stereocenters. The molecule has 0 aliphatic heterocycles. The standard InChI is InChI=1S/C16H15F4N/c1-10-3-5-13(7-11(10)2)21-9-12-4-6-15(17)14(8-12)16(18,19)20/h3-8,21H,9H2,1-2H3. The van der Waals surface area contributed by atoms with Crippen LogP contribution in [-0.4, -0.2) is 0 Å². The molecule has 1 nitrogen and oxygen atoms in total. The largest absolute Gasteiger partial charge is 0.419 e. The van der Waals surface area contributed by atoms with Gasteiger partial charge in [-0.3, -0.25) is 0 Å². The third-order valence-corrected chi connectivity index (χ3v) is 3.34. The summed E-state index contributed by atoms with van der Waals surface area (Å²) in [5.74, 6) is -1.25. The molecule has 0 aliphatic carbocycles. The minimum atomic E-state index is -4.68. The molecule has 2 aromatic carbocycles. The Balaban J connectivity index is 2.15. The van der Waals surface area contributed by atoms with E-state index in [9.17, 15) is 17.6 Å². The van der Waals surface area contributed by atoms with E-state index in [1.54, 1.807) is 0 Å². The van der Waals surface area contributed by atoms with Crippen molar-refractivity contribution in [1.29, 1.82) is 0 Å². The Morgan fingerprint density at radius 3 is 2.29 bits per heavy atom. The minimum Gasteiger partial charge on any atom is -0.381 e. The Bertz CT molecular complexity index is 647. The highest BCUT2D eigenvalue weighted by Crippen LogP contribution is 2.32. The van der Waals surface area contributed by atoms with Crippen LogP contribution in [0.5, 0.6) is 0 Å². The first kappa shape index (κ1) is 15.4. The van der Waals surface area contributed by atoms with Gasteiger partial charge < -0.3 is 5.32 Å². The van der Waals surface area contributed by atoms with Gasteiger partial charge >= 0.3 is 6.18 Å². The molecule has 0 unspecified atom stereocenters. The highest BCUT2D eigenvalue weighted by molar-refractivity contribution is 5.48. The number of benzene rings is 2. The van der Waals surface area contributed by atoms with E-state index >= 15 is 0 Å². The van der Waals surface area contributed by atoms with Gasteiger partial charge in [-0.05, 0) is 54.8 Å². The summed E-state index contributed by atoms with van der Waals surface area (Å²) in [5, 5.41) is 3.04. The van der Waals surface area contributed by atoms with Gasteiger partial charge in [0.15, 0.2) is 0 Å². The van der Waals surface area contributed by atoms with E-state index in [0.29, 0.717) is 5.56 Å². The maximum absolute atomic E-state index is 13.2. The van der Waals surface area contributed by atoms with Crippen molar-refractivity contribution in [3.63, 3.8) is 0 Å². The molecular formula is C16H15F4N. The number of rotatable bonds is 3. The Hall–Kier alpha value is -2.04. The summed E-state index contributed by atoms with van der Waals surface area (Å²) >= 11 is 0. The van der Waals surface area contributed by atoms with E-state index in [1.807, 2.05) is 32.0 Å². The van der Waals surface area contributed by atoms with Gasteiger partial charge in [0.05, 0.1) is 5.56 Å². The monoisotopic (exact) mass is 297 g/mol. The molecule has 0 spiro atoms. The van der Waals surface area contributed by atoms with Crippen LogP contribution in [-0.2, 0) is 12.7 Å². The maximum atomic E-state index is 13.2. The van der Waals surface area contributed by atoms with E-state index in [0.717, 1.165) is 28.9 Å². The lowest BCUT2D eigenvalue weighted by Crippen LogP contribution is -2.10. The van der Waals surface area contributed by atoms with Crippen LogP contribution in [0.2, 0.25) is 0 Å². The van der Waals surface area contributed by atoms with Crippen LogP contribution in [0.3, 0.4) is 0 Å². The van der Waals surface area contributed by atoms with Crippen LogP contribution in [0, 0.1) is 19.7 Å². The fraction of sp³-hybridized carbons (Fsp3) is 0.250. The molecule has 0 aliphatic rings. The topological polar surface area (TPSA) is 12.0 Å². The number of anilines is 1. The van der Waals surface area contributed by atoms with E-state index < -0.39 is 17.6 Å². The molecule has 5 heteroatoms. The molecule has 0 amide bonds. The molecule has 0 saturated carbocycles. The SMILES string of the molecule is Cc1ccc(NCc2ccc(F)c(C(F)(F)F)c2)cc1C. The quantitative estimate of drug-likeness (QED) is 0.780. The summed E-state index contributed by atoms with van der Waals surface area (Å²) in [4.78, 5) is 0. The molecular weight excluding hydrogens is 282 g/mol. The summed E-state index contributed by atoms with van der Waals surface area (Å²) in [5.41, 5.74) is 2.19. The van der Waals surface area contributed by atoms with Crippen molar-refractivity contribution in [3.8, 4) is 0 Å². The fourth-order valence-corrected chi connectivity index (χ4v) is 1.96. The molecule has 0 heterocycles. The third-order valence-electron chi connectivity index (χ3n) is 3.34. The lowest BCUT2D eigenvalue weighted by atomic mass is 10.1. The second-order valence-corrected chi connectivity index (χ2v) is 4.96. The van der Waals surface area contributed by atoms with Crippen molar-refractivity contribution in [2.45, 2.75) is 26.6 Å². The van der Waals surface area contributed by atoms with Gasteiger partial charge in [-0.15, -0.1) is 0 Å². The van der Waals surface area contributed by atoms with Crippen LogP contribution in [0.4, 0.5) is 23.2 Å². The molecule has 2 aromatic rings. The first-order chi connectivity index (χ1) is 9.77. The van der Waals surface area contributed by atoms with Crippen molar-refractivity contribution in [2.24, 2.45) is 0 Å². The number of aryl methyl sites for hydroxylation is 2. The lowest BCUT2D eigenvalue weighted by Gasteiger charge is -2.12. The summed E-state index contributed by atoms with van der Waals surface area (Å²) in [6, 6.07) is 8.74. The number of halogens is 4. The van der Waals surface area contributed by atoms with Crippen LogP contribution >= 0.6 is 0 Å². The fourth-order valence-electron chi connectivity index (χ4n) is 1.96. The maximum Gasteiger partial charge on any atom is 0.419 e. The smallest absolute Gasteiger partial charge is 0.381 e. The van der Waals surface area contributed by atoms with Crippen LogP contribution < -0.4 is 5.32 Å². The number of hydrogen-bond donors (Lipinski definition) is 1. The van der Waals surface area contributed by atoms with Gasteiger partial charge in [-0.1, -0.05) is 12.1 Å². The van der Waals surface area contributed by atoms with Gasteiger partial charge in [0.2, 0.25) is 0 Å². The Morgan fingerprint density at radius 2 is 1.67 bits per heavy atom. The minimum absolute atomic E-state index is 0.200. The predicted molar refractivity (Wildman–Crippen MR) is 74.6 cm³/mol. The van der Waals surface area contributed by atoms with Gasteiger partial charge in [-0.2, -0.15) is 13.2 Å². The Labute approximate surface area is 120 Å². The molecule has 0 fully saturated rings. The zero-order valence-corrected chi connectivity index (χ0v) is 11.7. The van der Waals surface area contributed by atoms with E-state index in [4.69, 9.17) is 0 Å². The summed E-state index contributed by atoms with van der Waals surface area (Å²) in [7, 11) is 0. The third kappa shape index (κ3) is 3.74. The molecule has 0 radical (unpaired) electrons. The zero-order valence-electron chi connectivity index (χ0n) is 11.7. The van der Waals surface area contributed by atoms with Gasteiger partial charge in [-0.25, -0.2) is 4.39 Å². The van der Waals surface area contributed by atoms with E-state index in [-0.39, 0.29) is 6.54 Å². The zero-order chi connectivity index (χ0) is 15.6. The molecule has 2 rings (SSSR count). The van der Waals surface area contributed by atoms with Crippen molar-refractivity contribution >= 4 is 5.69 Å².